The first-order valence-electron chi connectivity index (χ1n) is 6.53. The third kappa shape index (κ3) is 1.75. The van der Waals surface area contributed by atoms with Crippen LogP contribution in [0, 0.1) is 10.7 Å². The maximum absolute atomic E-state index is 5.47. The fraction of sp³-hybridized carbons (Fsp3) is 0.500. The van der Waals surface area contributed by atoms with Gasteiger partial charge >= 0.3 is 0 Å². The molecule has 0 amide bonds. The molecule has 1 saturated carbocycles. The molecule has 1 N–H and O–H groups in total. The molecule has 0 spiro atoms. The number of rotatable bonds is 4. The smallest absolute Gasteiger partial charge is 0.178 e. The van der Waals surface area contributed by atoms with Crippen LogP contribution in [0.2, 0.25) is 0 Å². The van der Waals surface area contributed by atoms with Crippen LogP contribution in [0.4, 0.5) is 0 Å². The Morgan fingerprint density at radius 2 is 2.33 bits per heavy atom. The second kappa shape index (κ2) is 4.43. The SMILES string of the molecule is CCCC1CC1n1c(=S)[nH]c2c(OC)cccc21. The van der Waals surface area contributed by atoms with Crippen LogP contribution in [0.5, 0.6) is 5.75 Å². The van der Waals surface area contributed by atoms with E-state index in [0.29, 0.717) is 6.04 Å². The van der Waals surface area contributed by atoms with Gasteiger partial charge in [-0.1, -0.05) is 19.4 Å². The zero-order valence-electron chi connectivity index (χ0n) is 10.8. The predicted molar refractivity (Wildman–Crippen MR) is 75.7 cm³/mol. The highest BCUT2D eigenvalue weighted by atomic mass is 32.1. The number of aromatic amines is 1. The van der Waals surface area contributed by atoms with E-state index in [2.05, 4.69) is 22.5 Å². The van der Waals surface area contributed by atoms with Crippen LogP contribution in [0.3, 0.4) is 0 Å². The number of hydrogen-bond acceptors (Lipinski definition) is 2. The molecule has 3 rings (SSSR count). The van der Waals surface area contributed by atoms with E-state index in [9.17, 15) is 0 Å². The van der Waals surface area contributed by atoms with E-state index in [1.54, 1.807) is 7.11 Å². The van der Waals surface area contributed by atoms with Crippen LogP contribution >= 0.6 is 12.2 Å². The molecule has 2 unspecified atom stereocenters. The van der Waals surface area contributed by atoms with Gasteiger partial charge in [0.05, 0.1) is 12.6 Å². The van der Waals surface area contributed by atoms with Crippen molar-refractivity contribution in [1.29, 1.82) is 0 Å². The summed E-state index contributed by atoms with van der Waals surface area (Å²) in [5.41, 5.74) is 2.19. The highest BCUT2D eigenvalue weighted by Crippen LogP contribution is 2.48. The van der Waals surface area contributed by atoms with E-state index in [1.807, 2.05) is 12.1 Å². The lowest BCUT2D eigenvalue weighted by molar-refractivity contribution is 0.419. The van der Waals surface area contributed by atoms with Gasteiger partial charge in [-0.25, -0.2) is 0 Å². The number of para-hydroxylation sites is 1. The number of benzene rings is 1. The molecule has 1 aromatic heterocycles. The van der Waals surface area contributed by atoms with Gasteiger partial charge in [0.1, 0.15) is 11.3 Å². The van der Waals surface area contributed by atoms with Crippen LogP contribution < -0.4 is 4.74 Å². The van der Waals surface area contributed by atoms with E-state index < -0.39 is 0 Å². The van der Waals surface area contributed by atoms with Crippen molar-refractivity contribution in [3.05, 3.63) is 23.0 Å². The molecule has 4 heteroatoms. The van der Waals surface area contributed by atoms with Gasteiger partial charge in [0.15, 0.2) is 4.77 Å². The lowest BCUT2D eigenvalue weighted by Crippen LogP contribution is -1.96. The number of aromatic nitrogens is 2. The van der Waals surface area contributed by atoms with Gasteiger partial charge < -0.3 is 14.3 Å². The normalized spacial score (nSPS) is 22.3. The van der Waals surface area contributed by atoms with Crippen LogP contribution in [0.1, 0.15) is 32.2 Å². The zero-order chi connectivity index (χ0) is 12.7. The molecule has 0 saturated heterocycles. The summed E-state index contributed by atoms with van der Waals surface area (Å²) in [6, 6.07) is 6.69. The first-order chi connectivity index (χ1) is 8.76. The third-order valence-corrected chi connectivity index (χ3v) is 4.11. The molecule has 96 valence electrons. The summed E-state index contributed by atoms with van der Waals surface area (Å²) in [7, 11) is 1.69. The molecule has 1 aromatic carbocycles. The molecule has 1 aliphatic rings. The van der Waals surface area contributed by atoms with Gasteiger partial charge in [-0.2, -0.15) is 0 Å². The van der Waals surface area contributed by atoms with Gasteiger partial charge in [-0.15, -0.1) is 0 Å². The minimum Gasteiger partial charge on any atom is -0.494 e. The van der Waals surface area contributed by atoms with Crippen molar-refractivity contribution in [2.75, 3.05) is 7.11 Å². The van der Waals surface area contributed by atoms with E-state index in [0.717, 1.165) is 22.0 Å². The van der Waals surface area contributed by atoms with Crippen LogP contribution in [-0.2, 0) is 0 Å². The fourth-order valence-electron chi connectivity index (χ4n) is 2.85. The molecular formula is C14H18N2OS. The van der Waals surface area contributed by atoms with Crippen molar-refractivity contribution < 1.29 is 4.74 Å². The van der Waals surface area contributed by atoms with Crippen LogP contribution in [0.25, 0.3) is 11.0 Å². The lowest BCUT2D eigenvalue weighted by atomic mass is 10.2. The summed E-state index contributed by atoms with van der Waals surface area (Å²) in [6.07, 6.45) is 3.80. The first kappa shape index (κ1) is 11.8. The maximum atomic E-state index is 5.47. The Morgan fingerprint density at radius 3 is 3.06 bits per heavy atom. The Kier molecular flexibility index (Phi) is 2.90. The molecule has 3 nitrogen and oxygen atoms in total. The van der Waals surface area contributed by atoms with E-state index in [-0.39, 0.29) is 0 Å². The van der Waals surface area contributed by atoms with Crippen molar-refractivity contribution >= 4 is 23.3 Å². The van der Waals surface area contributed by atoms with Gasteiger partial charge in [0.25, 0.3) is 0 Å². The van der Waals surface area contributed by atoms with Gasteiger partial charge in [0, 0.05) is 6.04 Å². The summed E-state index contributed by atoms with van der Waals surface area (Å²) in [4.78, 5) is 3.28. The summed E-state index contributed by atoms with van der Waals surface area (Å²) >= 11 is 5.47. The number of nitrogens with one attached hydrogen (secondary N) is 1. The number of fused-ring (bicyclic) bond motifs is 1. The van der Waals surface area contributed by atoms with E-state index >= 15 is 0 Å². The van der Waals surface area contributed by atoms with Crippen molar-refractivity contribution in [3.8, 4) is 5.75 Å². The van der Waals surface area contributed by atoms with Crippen molar-refractivity contribution in [2.24, 2.45) is 5.92 Å². The minimum absolute atomic E-state index is 0.582. The number of H-pyrrole nitrogens is 1. The second-order valence-corrected chi connectivity index (χ2v) is 5.39. The highest BCUT2D eigenvalue weighted by Gasteiger charge is 2.38. The predicted octanol–water partition coefficient (Wildman–Crippen LogP) is 4.07. The molecule has 2 atom stereocenters. The Hall–Kier alpha value is -1.29. The molecular weight excluding hydrogens is 244 g/mol. The Bertz CT molecular complexity index is 628. The average molecular weight is 262 g/mol. The average Bonchev–Trinajstić information content (AvgIpc) is 3.02. The number of methoxy groups -OCH3 is 1. The summed E-state index contributed by atoms with van der Waals surface area (Å²) in [5.74, 6) is 1.66. The van der Waals surface area contributed by atoms with Crippen LogP contribution in [0.15, 0.2) is 18.2 Å². The summed E-state index contributed by atoms with van der Waals surface area (Å²) in [5, 5.41) is 0. The standard InChI is InChI=1S/C14H18N2OS/c1-3-5-9-8-11(9)16-10-6-4-7-12(17-2)13(10)15-14(16)18/h4,6-7,9,11H,3,5,8H2,1-2H3,(H,15,18). The molecule has 1 heterocycles. The van der Waals surface area contributed by atoms with Gasteiger partial charge in [-0.3, -0.25) is 0 Å². The lowest BCUT2D eigenvalue weighted by Gasteiger charge is -2.05. The van der Waals surface area contributed by atoms with Crippen LogP contribution in [-0.4, -0.2) is 16.7 Å². The zero-order valence-corrected chi connectivity index (χ0v) is 11.6. The molecule has 0 radical (unpaired) electrons. The molecule has 1 fully saturated rings. The van der Waals surface area contributed by atoms with Crippen molar-refractivity contribution in [3.63, 3.8) is 0 Å². The molecule has 2 aromatic rings. The number of imidazole rings is 1. The number of nitrogens with zero attached hydrogens (tertiary/aromatic N) is 1. The Balaban J connectivity index is 2.08. The van der Waals surface area contributed by atoms with Crippen molar-refractivity contribution in [1.82, 2.24) is 9.55 Å². The monoisotopic (exact) mass is 262 g/mol. The minimum atomic E-state index is 0.582. The summed E-state index contributed by atoms with van der Waals surface area (Å²) in [6.45, 7) is 2.24. The van der Waals surface area contributed by atoms with Crippen molar-refractivity contribution in [2.45, 2.75) is 32.2 Å². The molecule has 0 bridgehead atoms. The second-order valence-electron chi connectivity index (χ2n) is 5.01. The van der Waals surface area contributed by atoms with E-state index in [4.69, 9.17) is 17.0 Å². The first-order valence-corrected chi connectivity index (χ1v) is 6.94. The van der Waals surface area contributed by atoms with E-state index in [1.165, 1.54) is 24.8 Å². The Labute approximate surface area is 112 Å². The summed E-state index contributed by atoms with van der Waals surface area (Å²) < 4.78 is 8.47. The van der Waals surface area contributed by atoms with Gasteiger partial charge in [0.2, 0.25) is 0 Å². The fourth-order valence-corrected chi connectivity index (χ4v) is 3.19. The number of hydrogen-bond donors (Lipinski definition) is 1. The highest BCUT2D eigenvalue weighted by molar-refractivity contribution is 7.71. The largest absolute Gasteiger partial charge is 0.494 e. The molecule has 18 heavy (non-hydrogen) atoms. The topological polar surface area (TPSA) is 29.9 Å². The maximum Gasteiger partial charge on any atom is 0.178 e. The molecule has 1 aliphatic carbocycles. The molecule has 0 aliphatic heterocycles. The van der Waals surface area contributed by atoms with Gasteiger partial charge in [-0.05, 0) is 43.1 Å². The quantitative estimate of drug-likeness (QED) is 0.842. The third-order valence-electron chi connectivity index (χ3n) is 3.81. The number of ether oxygens (including phenoxy) is 1. The Morgan fingerprint density at radius 1 is 1.50 bits per heavy atom.